The number of rotatable bonds is 5. The molecular weight excluding hydrogens is 412 g/mol. The van der Waals surface area contributed by atoms with Gasteiger partial charge in [-0.05, 0) is 19.3 Å². The van der Waals surface area contributed by atoms with Gasteiger partial charge in [0.2, 0.25) is 5.91 Å². The maximum atomic E-state index is 12.4. The number of amides is 2. The lowest BCUT2D eigenvalue weighted by Crippen LogP contribution is -2.62. The highest BCUT2D eigenvalue weighted by atomic mass is 16.5. The molecular formula is C24H46N2O6. The highest BCUT2D eigenvalue weighted by Gasteiger charge is 2.50. The molecule has 0 unspecified atom stereocenters. The maximum Gasteiger partial charge on any atom is 0.252 e. The molecule has 4 atom stereocenters. The van der Waals surface area contributed by atoms with Crippen molar-refractivity contribution in [1.29, 1.82) is 0 Å². The molecule has 0 aliphatic carbocycles. The van der Waals surface area contributed by atoms with Gasteiger partial charge in [0.1, 0.15) is 12.2 Å². The number of nitrogens with two attached hydrogens (primary N) is 2. The zero-order valence-corrected chi connectivity index (χ0v) is 19.7. The SMILES string of the molecule is NC(=O)[C@@H](O)[C@@H](O)[C@H](O)[C@@]1(C(N)=O)CCCCCCCCCCCCCCCCCCO1. The fraction of sp³-hybridized carbons (Fsp3) is 0.917. The van der Waals surface area contributed by atoms with Crippen LogP contribution in [0.2, 0.25) is 0 Å². The van der Waals surface area contributed by atoms with Gasteiger partial charge in [0.15, 0.2) is 11.7 Å². The number of aliphatic hydroxyl groups is 3. The molecule has 2 amide bonds. The van der Waals surface area contributed by atoms with Crippen LogP contribution in [0.1, 0.15) is 109 Å². The van der Waals surface area contributed by atoms with E-state index in [2.05, 4.69) is 0 Å². The molecule has 1 aliphatic rings. The van der Waals surface area contributed by atoms with E-state index in [1.807, 2.05) is 0 Å². The van der Waals surface area contributed by atoms with Crippen LogP contribution in [0.5, 0.6) is 0 Å². The van der Waals surface area contributed by atoms with Gasteiger partial charge in [-0.2, -0.15) is 0 Å². The summed E-state index contributed by atoms with van der Waals surface area (Å²) in [5.41, 5.74) is 8.81. The lowest BCUT2D eigenvalue weighted by Gasteiger charge is -2.38. The van der Waals surface area contributed by atoms with Crippen molar-refractivity contribution in [3.05, 3.63) is 0 Å². The predicted molar refractivity (Wildman–Crippen MR) is 124 cm³/mol. The van der Waals surface area contributed by atoms with Crippen LogP contribution in [-0.2, 0) is 14.3 Å². The second-order valence-corrected chi connectivity index (χ2v) is 9.29. The van der Waals surface area contributed by atoms with E-state index in [-0.39, 0.29) is 13.0 Å². The van der Waals surface area contributed by atoms with Crippen molar-refractivity contribution in [1.82, 2.24) is 0 Å². The Hall–Kier alpha value is -1.22. The molecule has 188 valence electrons. The Balaban J connectivity index is 2.81. The maximum absolute atomic E-state index is 12.4. The molecule has 8 nitrogen and oxygen atoms in total. The van der Waals surface area contributed by atoms with Crippen molar-refractivity contribution in [3.8, 4) is 0 Å². The van der Waals surface area contributed by atoms with Crippen LogP contribution in [0.15, 0.2) is 0 Å². The lowest BCUT2D eigenvalue weighted by molar-refractivity contribution is -0.190. The second kappa shape index (κ2) is 16.4. The Bertz CT molecular complexity index is 511. The third kappa shape index (κ3) is 10.1. The van der Waals surface area contributed by atoms with Gasteiger partial charge in [-0.25, -0.2) is 0 Å². The van der Waals surface area contributed by atoms with Crippen molar-refractivity contribution in [2.75, 3.05) is 6.61 Å². The van der Waals surface area contributed by atoms with E-state index in [0.29, 0.717) is 12.8 Å². The molecule has 0 radical (unpaired) electrons. The quantitative estimate of drug-likeness (QED) is 0.426. The van der Waals surface area contributed by atoms with E-state index in [1.54, 1.807) is 0 Å². The Morgan fingerprint density at radius 1 is 0.656 bits per heavy atom. The Kier molecular flexibility index (Phi) is 14.8. The summed E-state index contributed by atoms with van der Waals surface area (Å²) in [7, 11) is 0. The van der Waals surface area contributed by atoms with Crippen LogP contribution in [0.25, 0.3) is 0 Å². The molecule has 0 spiro atoms. The molecule has 0 bridgehead atoms. The fourth-order valence-electron chi connectivity index (χ4n) is 4.48. The summed E-state index contributed by atoms with van der Waals surface area (Å²) >= 11 is 0. The normalized spacial score (nSPS) is 27.0. The molecule has 0 aromatic heterocycles. The first-order valence-electron chi connectivity index (χ1n) is 12.6. The van der Waals surface area contributed by atoms with Gasteiger partial charge in [0.05, 0.1) is 0 Å². The van der Waals surface area contributed by atoms with Crippen molar-refractivity contribution in [2.45, 2.75) is 133 Å². The first-order valence-corrected chi connectivity index (χ1v) is 12.6. The van der Waals surface area contributed by atoms with Gasteiger partial charge in [-0.3, -0.25) is 9.59 Å². The molecule has 0 aromatic rings. The molecule has 7 N–H and O–H groups in total. The van der Waals surface area contributed by atoms with Gasteiger partial charge in [-0.1, -0.05) is 89.9 Å². The molecule has 8 heteroatoms. The van der Waals surface area contributed by atoms with Crippen LogP contribution in [0, 0.1) is 0 Å². The van der Waals surface area contributed by atoms with E-state index in [0.717, 1.165) is 38.5 Å². The summed E-state index contributed by atoms with van der Waals surface area (Å²) in [6.07, 6.45) is 11.8. The Labute approximate surface area is 193 Å². The summed E-state index contributed by atoms with van der Waals surface area (Å²) in [5, 5.41) is 30.9. The number of hydrogen-bond acceptors (Lipinski definition) is 6. The number of carbonyl (C=O) groups is 2. The molecule has 0 aromatic carbocycles. The molecule has 0 saturated carbocycles. The topological polar surface area (TPSA) is 156 Å². The molecule has 1 aliphatic heterocycles. The predicted octanol–water partition coefficient (Wildman–Crippen LogP) is 2.44. The summed E-state index contributed by atoms with van der Waals surface area (Å²) in [4.78, 5) is 23.7. The number of aliphatic hydroxyl groups excluding tert-OH is 3. The van der Waals surface area contributed by atoms with Gasteiger partial charge in [0.25, 0.3) is 5.91 Å². The van der Waals surface area contributed by atoms with E-state index in [9.17, 15) is 24.9 Å². The van der Waals surface area contributed by atoms with Crippen molar-refractivity contribution >= 4 is 11.8 Å². The Morgan fingerprint density at radius 3 is 1.41 bits per heavy atom. The van der Waals surface area contributed by atoms with E-state index >= 15 is 0 Å². The molecule has 1 rings (SSSR count). The molecule has 32 heavy (non-hydrogen) atoms. The number of ether oxygens (including phenoxy) is 1. The lowest BCUT2D eigenvalue weighted by atomic mass is 9.84. The van der Waals surface area contributed by atoms with Crippen molar-refractivity contribution in [2.24, 2.45) is 11.5 Å². The number of hydrogen-bond donors (Lipinski definition) is 5. The minimum Gasteiger partial charge on any atom is -0.387 e. The van der Waals surface area contributed by atoms with Crippen molar-refractivity contribution in [3.63, 3.8) is 0 Å². The first-order chi connectivity index (χ1) is 15.3. The van der Waals surface area contributed by atoms with E-state index < -0.39 is 35.7 Å². The van der Waals surface area contributed by atoms with E-state index in [1.165, 1.54) is 51.4 Å². The zero-order chi connectivity index (χ0) is 23.8. The monoisotopic (exact) mass is 458 g/mol. The van der Waals surface area contributed by atoms with Crippen molar-refractivity contribution < 1.29 is 29.6 Å². The van der Waals surface area contributed by atoms with Crippen LogP contribution in [0.4, 0.5) is 0 Å². The third-order valence-electron chi connectivity index (χ3n) is 6.64. The second-order valence-electron chi connectivity index (χ2n) is 9.29. The highest BCUT2D eigenvalue weighted by molar-refractivity contribution is 5.85. The molecule has 1 heterocycles. The summed E-state index contributed by atoms with van der Waals surface area (Å²) in [6.45, 7) is 0.194. The van der Waals surface area contributed by atoms with Gasteiger partial charge < -0.3 is 31.5 Å². The summed E-state index contributed by atoms with van der Waals surface area (Å²) in [5.74, 6) is -2.11. The summed E-state index contributed by atoms with van der Waals surface area (Å²) in [6, 6.07) is 0. The largest absolute Gasteiger partial charge is 0.387 e. The average Bonchev–Trinajstić information content (AvgIpc) is 2.76. The Morgan fingerprint density at radius 2 is 1.03 bits per heavy atom. The van der Waals surface area contributed by atoms with Gasteiger partial charge in [-0.15, -0.1) is 0 Å². The standard InChI is InChI=1S/C24H46N2O6/c25-22(30)20(28)19(27)21(29)24(23(26)31)17-15-13-11-9-7-5-3-1-2-4-6-8-10-12-14-16-18-32-24/h19-21,27-29H,1-18H2,(H2,25,30)(H2,26,31)/t19-,20+,21+,24-/m1/s1. The fourth-order valence-corrected chi connectivity index (χ4v) is 4.48. The van der Waals surface area contributed by atoms with Crippen LogP contribution >= 0.6 is 0 Å². The van der Waals surface area contributed by atoms with Gasteiger partial charge in [0, 0.05) is 6.61 Å². The average molecular weight is 459 g/mol. The van der Waals surface area contributed by atoms with Crippen LogP contribution in [-0.4, -0.2) is 57.7 Å². The summed E-state index contributed by atoms with van der Waals surface area (Å²) < 4.78 is 5.84. The highest BCUT2D eigenvalue weighted by Crippen LogP contribution is 2.28. The number of carbonyl (C=O) groups excluding carboxylic acids is 2. The zero-order valence-electron chi connectivity index (χ0n) is 19.7. The molecule has 1 fully saturated rings. The van der Waals surface area contributed by atoms with Gasteiger partial charge >= 0.3 is 0 Å². The first kappa shape index (κ1) is 28.8. The number of primary amides is 2. The third-order valence-corrected chi connectivity index (χ3v) is 6.64. The minimum atomic E-state index is -2.02. The minimum absolute atomic E-state index is 0.103. The van der Waals surface area contributed by atoms with Crippen LogP contribution < -0.4 is 11.5 Å². The smallest absolute Gasteiger partial charge is 0.252 e. The van der Waals surface area contributed by atoms with Crippen LogP contribution in [0.3, 0.4) is 0 Å². The van der Waals surface area contributed by atoms with E-state index in [4.69, 9.17) is 16.2 Å². The molecule has 1 saturated heterocycles.